The Morgan fingerprint density at radius 1 is 1.10 bits per heavy atom. The van der Waals surface area contributed by atoms with Gasteiger partial charge in [-0.05, 0) is 48.9 Å². The summed E-state index contributed by atoms with van der Waals surface area (Å²) in [6.07, 6.45) is -0.170. The van der Waals surface area contributed by atoms with E-state index in [1.54, 1.807) is 6.92 Å². The molecule has 1 unspecified atom stereocenters. The summed E-state index contributed by atoms with van der Waals surface area (Å²) in [5, 5.41) is 21.8. The number of nitrogens with zero attached hydrogens (tertiary/aromatic N) is 1. The third kappa shape index (κ3) is 4.40. The van der Waals surface area contributed by atoms with Crippen LogP contribution in [0.4, 0.5) is 8.78 Å². The van der Waals surface area contributed by atoms with E-state index in [1.165, 1.54) is 29.7 Å². The molecule has 1 aromatic heterocycles. The molecule has 1 atom stereocenters. The SMILES string of the molecule is Cc1c(CC(=O)NCC(C)C(=O)O)c2cc(O)ccc2n1C(=O)c1ccc(F)c(F)c1. The first-order valence-electron chi connectivity index (χ1n) is 9.42. The molecule has 0 saturated carbocycles. The van der Waals surface area contributed by atoms with Gasteiger partial charge >= 0.3 is 5.97 Å². The van der Waals surface area contributed by atoms with Crippen molar-refractivity contribution in [2.45, 2.75) is 20.3 Å². The molecule has 0 radical (unpaired) electrons. The van der Waals surface area contributed by atoms with Crippen molar-refractivity contribution in [1.82, 2.24) is 9.88 Å². The first kappa shape index (κ1) is 21.9. The Morgan fingerprint density at radius 2 is 1.81 bits per heavy atom. The number of phenolic OH excluding ortho intramolecular Hbond substituents is 1. The zero-order valence-corrected chi connectivity index (χ0v) is 16.8. The number of rotatable bonds is 6. The van der Waals surface area contributed by atoms with Gasteiger partial charge in [0, 0.05) is 23.2 Å². The number of aromatic nitrogens is 1. The van der Waals surface area contributed by atoms with Crippen LogP contribution in [0.5, 0.6) is 5.75 Å². The molecule has 7 nitrogen and oxygen atoms in total. The number of carbonyl (C=O) groups excluding carboxylic acids is 2. The van der Waals surface area contributed by atoms with E-state index >= 15 is 0 Å². The number of hydrogen-bond acceptors (Lipinski definition) is 4. The molecule has 9 heteroatoms. The van der Waals surface area contributed by atoms with Crippen LogP contribution in [0.1, 0.15) is 28.5 Å². The summed E-state index contributed by atoms with van der Waals surface area (Å²) in [5.41, 5.74) is 1.13. The van der Waals surface area contributed by atoms with Crippen LogP contribution in [-0.4, -0.2) is 39.1 Å². The Balaban J connectivity index is 2.01. The number of aliphatic carboxylic acids is 1. The van der Waals surface area contributed by atoms with Crippen molar-refractivity contribution in [2.24, 2.45) is 5.92 Å². The van der Waals surface area contributed by atoms with Crippen LogP contribution in [0.25, 0.3) is 10.9 Å². The van der Waals surface area contributed by atoms with E-state index in [9.17, 15) is 28.3 Å². The van der Waals surface area contributed by atoms with Crippen molar-refractivity contribution in [1.29, 1.82) is 0 Å². The lowest BCUT2D eigenvalue weighted by atomic mass is 10.1. The Kier molecular flexibility index (Phi) is 6.05. The smallest absolute Gasteiger partial charge is 0.308 e. The second-order valence-electron chi connectivity index (χ2n) is 7.26. The van der Waals surface area contributed by atoms with Gasteiger partial charge in [-0.3, -0.25) is 19.0 Å². The van der Waals surface area contributed by atoms with Crippen LogP contribution in [0.15, 0.2) is 36.4 Å². The number of aromatic hydroxyl groups is 1. The highest BCUT2D eigenvalue weighted by Crippen LogP contribution is 2.30. The first-order valence-corrected chi connectivity index (χ1v) is 9.42. The summed E-state index contributed by atoms with van der Waals surface area (Å²) < 4.78 is 28.2. The number of phenols is 1. The first-order chi connectivity index (χ1) is 14.6. The average Bonchev–Trinajstić information content (AvgIpc) is 2.98. The van der Waals surface area contributed by atoms with E-state index < -0.39 is 35.3 Å². The van der Waals surface area contributed by atoms with Gasteiger partial charge in [0.1, 0.15) is 5.75 Å². The predicted octanol–water partition coefficient (Wildman–Crippen LogP) is 3.00. The molecule has 0 fully saturated rings. The lowest BCUT2D eigenvalue weighted by molar-refractivity contribution is -0.141. The van der Waals surface area contributed by atoms with Crippen molar-refractivity contribution >= 4 is 28.7 Å². The summed E-state index contributed by atoms with van der Waals surface area (Å²) in [6, 6.07) is 7.07. The quantitative estimate of drug-likeness (QED) is 0.557. The molecule has 0 spiro atoms. The second-order valence-corrected chi connectivity index (χ2v) is 7.26. The number of amides is 1. The maximum Gasteiger partial charge on any atom is 0.308 e. The lowest BCUT2D eigenvalue weighted by Gasteiger charge is -2.10. The zero-order chi connectivity index (χ0) is 22.9. The topological polar surface area (TPSA) is 109 Å². The number of hydrogen-bond donors (Lipinski definition) is 3. The summed E-state index contributed by atoms with van der Waals surface area (Å²) in [7, 11) is 0. The largest absolute Gasteiger partial charge is 0.508 e. The molecule has 162 valence electrons. The minimum atomic E-state index is -1.16. The molecule has 3 aromatic rings. The Morgan fingerprint density at radius 3 is 2.45 bits per heavy atom. The normalized spacial score (nSPS) is 12.0. The molecule has 1 heterocycles. The van der Waals surface area contributed by atoms with Crippen molar-refractivity contribution in [2.75, 3.05) is 6.54 Å². The highest BCUT2D eigenvalue weighted by molar-refractivity contribution is 6.05. The van der Waals surface area contributed by atoms with Crippen LogP contribution in [0, 0.1) is 24.5 Å². The van der Waals surface area contributed by atoms with Gasteiger partial charge in [0.15, 0.2) is 11.6 Å². The van der Waals surface area contributed by atoms with Crippen molar-refractivity contribution in [3.8, 4) is 5.75 Å². The maximum absolute atomic E-state index is 13.6. The highest BCUT2D eigenvalue weighted by atomic mass is 19.2. The number of nitrogens with one attached hydrogen (secondary N) is 1. The number of carbonyl (C=O) groups is 3. The molecule has 0 bridgehead atoms. The number of fused-ring (bicyclic) bond motifs is 1. The molecular weight excluding hydrogens is 410 g/mol. The fraction of sp³-hybridized carbons (Fsp3) is 0.227. The van der Waals surface area contributed by atoms with Gasteiger partial charge in [-0.1, -0.05) is 6.92 Å². The fourth-order valence-electron chi connectivity index (χ4n) is 3.29. The van der Waals surface area contributed by atoms with Crippen LogP contribution in [0.2, 0.25) is 0 Å². The molecule has 31 heavy (non-hydrogen) atoms. The van der Waals surface area contributed by atoms with Crippen LogP contribution >= 0.6 is 0 Å². The van der Waals surface area contributed by atoms with Crippen molar-refractivity contribution < 1.29 is 33.4 Å². The van der Waals surface area contributed by atoms with Gasteiger partial charge in [0.05, 0.1) is 17.9 Å². The van der Waals surface area contributed by atoms with Crippen LogP contribution < -0.4 is 5.32 Å². The maximum atomic E-state index is 13.6. The van der Waals surface area contributed by atoms with Gasteiger partial charge in [-0.2, -0.15) is 0 Å². The second kappa shape index (κ2) is 8.55. The van der Waals surface area contributed by atoms with E-state index in [0.717, 1.165) is 18.2 Å². The number of carboxylic acids is 1. The monoisotopic (exact) mass is 430 g/mol. The Labute approximate surface area is 175 Å². The summed E-state index contributed by atoms with van der Waals surface area (Å²) >= 11 is 0. The molecule has 0 aliphatic carbocycles. The number of carboxylic acid groups (broad SMARTS) is 1. The Hall–Kier alpha value is -3.75. The van der Waals surface area contributed by atoms with E-state index in [1.807, 2.05) is 0 Å². The third-order valence-electron chi connectivity index (χ3n) is 5.05. The van der Waals surface area contributed by atoms with E-state index in [-0.39, 0.29) is 24.3 Å². The van der Waals surface area contributed by atoms with E-state index in [2.05, 4.69) is 5.32 Å². The van der Waals surface area contributed by atoms with Crippen LogP contribution in [0.3, 0.4) is 0 Å². The molecule has 0 aliphatic rings. The van der Waals surface area contributed by atoms with Gasteiger partial charge in [-0.15, -0.1) is 0 Å². The predicted molar refractivity (Wildman–Crippen MR) is 108 cm³/mol. The molecule has 1 amide bonds. The van der Waals surface area contributed by atoms with E-state index in [0.29, 0.717) is 22.2 Å². The fourth-order valence-corrected chi connectivity index (χ4v) is 3.29. The van der Waals surface area contributed by atoms with Crippen molar-refractivity contribution in [3.05, 3.63) is 64.9 Å². The minimum absolute atomic E-state index is 0.0646. The van der Waals surface area contributed by atoms with E-state index in [4.69, 9.17) is 5.11 Å². The highest BCUT2D eigenvalue weighted by Gasteiger charge is 2.23. The van der Waals surface area contributed by atoms with Gasteiger partial charge in [0.25, 0.3) is 5.91 Å². The lowest BCUT2D eigenvalue weighted by Crippen LogP contribution is -2.32. The average molecular weight is 430 g/mol. The van der Waals surface area contributed by atoms with Gasteiger partial charge < -0.3 is 15.5 Å². The van der Waals surface area contributed by atoms with Gasteiger partial charge in [-0.25, -0.2) is 8.78 Å². The molecule has 0 saturated heterocycles. The van der Waals surface area contributed by atoms with Gasteiger partial charge in [0.2, 0.25) is 5.91 Å². The molecule has 3 N–H and O–H groups in total. The molecule has 0 aliphatic heterocycles. The summed E-state index contributed by atoms with van der Waals surface area (Å²) in [5.74, 6) is -5.23. The summed E-state index contributed by atoms with van der Waals surface area (Å²) in [6.45, 7) is 2.99. The zero-order valence-electron chi connectivity index (χ0n) is 16.8. The number of benzene rings is 2. The molecular formula is C22H20F2N2O5. The van der Waals surface area contributed by atoms with Crippen molar-refractivity contribution in [3.63, 3.8) is 0 Å². The third-order valence-corrected chi connectivity index (χ3v) is 5.05. The Bertz CT molecular complexity index is 1200. The number of halogens is 2. The molecule has 3 rings (SSSR count). The standard InChI is InChI=1S/C22H20F2N2O5/c1-11(22(30)31)10-25-20(28)9-15-12(2)26(19-6-4-14(27)8-16(15)19)21(29)13-3-5-17(23)18(24)7-13/h3-8,11,27H,9-10H2,1-2H3,(H,25,28)(H,30,31). The summed E-state index contributed by atoms with van der Waals surface area (Å²) in [4.78, 5) is 36.4. The molecule has 2 aromatic carbocycles. The van der Waals surface area contributed by atoms with Crippen LogP contribution in [-0.2, 0) is 16.0 Å². The minimum Gasteiger partial charge on any atom is -0.508 e.